The van der Waals surface area contributed by atoms with E-state index in [0.717, 1.165) is 11.1 Å². The molecule has 0 amide bonds. The zero-order chi connectivity index (χ0) is 25.6. The first kappa shape index (κ1) is 24.9. The molecule has 0 spiro atoms. The Morgan fingerprint density at radius 2 is 1.78 bits per heavy atom. The van der Waals surface area contributed by atoms with Crippen molar-refractivity contribution >= 4 is 45.9 Å². The number of aromatic nitrogens is 4. The van der Waals surface area contributed by atoms with Gasteiger partial charge in [-0.3, -0.25) is 4.57 Å². The molecule has 1 unspecified atom stereocenters. The molecule has 0 radical (unpaired) electrons. The summed E-state index contributed by atoms with van der Waals surface area (Å²) in [4.78, 5) is 12.5. The summed E-state index contributed by atoms with van der Waals surface area (Å²) in [7, 11) is 0. The van der Waals surface area contributed by atoms with Crippen LogP contribution in [0.2, 0.25) is 0 Å². The van der Waals surface area contributed by atoms with E-state index in [2.05, 4.69) is 27.1 Å². The molecule has 2 N–H and O–H groups in total. The number of imidazole rings is 1. The summed E-state index contributed by atoms with van der Waals surface area (Å²) in [6, 6.07) is 20.0. The molecule has 4 heterocycles. The van der Waals surface area contributed by atoms with Crippen LogP contribution in [0, 0.1) is 0 Å². The molecule has 0 saturated carbocycles. The fourth-order valence-corrected chi connectivity index (χ4v) is 10.8. The van der Waals surface area contributed by atoms with Crippen LogP contribution in [0.5, 0.6) is 0 Å². The maximum atomic E-state index is 16.1. The number of rotatable bonds is 6. The number of alkyl halides is 1. The number of nitrogens with two attached hydrogens (primary N) is 1. The molecular weight excluding hydrogens is 532 g/mol. The van der Waals surface area contributed by atoms with Gasteiger partial charge in [0.2, 0.25) is 5.69 Å². The zero-order valence-corrected chi connectivity index (χ0v) is 22.4. The predicted molar refractivity (Wildman–Crippen MR) is 145 cm³/mol. The van der Waals surface area contributed by atoms with Crippen LogP contribution < -0.4 is 5.73 Å². The highest BCUT2D eigenvalue weighted by Gasteiger charge is 2.52. The molecule has 192 valence electrons. The molecule has 2 fully saturated rings. The van der Waals surface area contributed by atoms with E-state index in [1.54, 1.807) is 4.57 Å². The van der Waals surface area contributed by atoms with Gasteiger partial charge in [0.1, 0.15) is 24.1 Å². The zero-order valence-electron chi connectivity index (χ0n) is 19.8. The van der Waals surface area contributed by atoms with Crippen molar-refractivity contribution < 1.29 is 18.2 Å². The van der Waals surface area contributed by atoms with Crippen LogP contribution in [0.4, 0.5) is 10.2 Å². The lowest BCUT2D eigenvalue weighted by Crippen LogP contribution is -2.30. The predicted octanol–water partition coefficient (Wildman–Crippen LogP) is 5.91. The highest BCUT2D eigenvalue weighted by Crippen LogP contribution is 2.77. The molecule has 2 aromatic heterocycles. The largest absolute Gasteiger partial charge is 0.382 e. The molecule has 2 aliphatic rings. The van der Waals surface area contributed by atoms with Gasteiger partial charge in [0.05, 0.1) is 17.7 Å². The highest BCUT2D eigenvalue weighted by molar-refractivity contribution is 8.68. The Labute approximate surface area is 222 Å². The minimum Gasteiger partial charge on any atom is -0.382 e. The molecule has 8 nitrogen and oxygen atoms in total. The van der Waals surface area contributed by atoms with Crippen LogP contribution in [0.15, 0.2) is 73.3 Å². The van der Waals surface area contributed by atoms with E-state index in [9.17, 15) is 0 Å². The molecule has 2 aromatic carbocycles. The van der Waals surface area contributed by atoms with Crippen molar-refractivity contribution in [2.24, 2.45) is 0 Å². The van der Waals surface area contributed by atoms with Crippen molar-refractivity contribution in [1.29, 1.82) is 0 Å². The lowest BCUT2D eigenvalue weighted by molar-refractivity contribution is -0.0222. The Bertz CT molecular complexity index is 1390. The smallest absolute Gasteiger partial charge is 0.249 e. The van der Waals surface area contributed by atoms with Crippen molar-refractivity contribution in [2.45, 2.75) is 49.3 Å². The number of halogens is 1. The highest BCUT2D eigenvalue weighted by atomic mass is 32.9. The Morgan fingerprint density at radius 1 is 1.08 bits per heavy atom. The average molecular weight is 558 g/mol. The molecule has 2 aliphatic heterocycles. The number of hydrogen-bond acceptors (Lipinski definition) is 9. The number of nitrogen functional groups attached to an aromatic ring is 1. The van der Waals surface area contributed by atoms with E-state index in [0.29, 0.717) is 17.6 Å². The van der Waals surface area contributed by atoms with Crippen LogP contribution in [0.3, 0.4) is 0 Å². The van der Waals surface area contributed by atoms with E-state index in [-0.39, 0.29) is 17.2 Å². The van der Waals surface area contributed by atoms with Gasteiger partial charge in [0.25, 0.3) is 0 Å². The lowest BCUT2D eigenvalue weighted by Gasteiger charge is -2.24. The summed E-state index contributed by atoms with van der Waals surface area (Å²) in [5, 5.41) is -0.0806. The molecule has 4 aromatic rings. The Balaban J connectivity index is 1.29. The third-order valence-corrected chi connectivity index (χ3v) is 11.9. The van der Waals surface area contributed by atoms with Crippen molar-refractivity contribution in [2.75, 3.05) is 5.73 Å². The quantitative estimate of drug-likeness (QED) is 0.290. The summed E-state index contributed by atoms with van der Waals surface area (Å²) in [5.74, 6) is 0.224. The standard InChI is InChI=1S/C25H25FN5O3PS2/c1-2-17-21(18(26)25(32-17)31-14-30-19-23(27)28-13-29-24(19)31)34-35(36)33-20(15-9-5-3-6-10-15)22(37-35)16-11-7-4-8-12-16/h3-14,17-18,20-22,25H,2H2,1H3,(H2,27,28,29)/t17-,18-,20-,21-,22+,25-,35?/m1/s1. The second kappa shape index (κ2) is 10.1. The maximum Gasteiger partial charge on any atom is 0.249 e. The molecule has 12 heteroatoms. The van der Waals surface area contributed by atoms with Crippen molar-refractivity contribution in [3.63, 3.8) is 0 Å². The molecule has 6 rings (SSSR count). The molecule has 37 heavy (non-hydrogen) atoms. The monoisotopic (exact) mass is 557 g/mol. The third kappa shape index (κ3) is 4.58. The second-order valence-corrected chi connectivity index (χ2v) is 15.1. The van der Waals surface area contributed by atoms with Gasteiger partial charge in [-0.2, -0.15) is 0 Å². The average Bonchev–Trinajstić information content (AvgIpc) is 3.60. The van der Waals surface area contributed by atoms with Crippen molar-refractivity contribution in [3.05, 3.63) is 84.4 Å². The summed E-state index contributed by atoms with van der Waals surface area (Å²) in [6.07, 6.45) is -0.917. The maximum absolute atomic E-state index is 16.1. The Hall–Kier alpha value is -2.40. The van der Waals surface area contributed by atoms with Crippen LogP contribution >= 0.6 is 17.1 Å². The van der Waals surface area contributed by atoms with Gasteiger partial charge >= 0.3 is 0 Å². The fraction of sp³-hybridized carbons (Fsp3) is 0.320. The minimum atomic E-state index is -2.95. The lowest BCUT2D eigenvalue weighted by atomic mass is 10.0. The molecule has 2 saturated heterocycles. The van der Waals surface area contributed by atoms with E-state index >= 15 is 4.39 Å². The van der Waals surface area contributed by atoms with Gasteiger partial charge in [-0.15, -0.1) is 0 Å². The van der Waals surface area contributed by atoms with Gasteiger partial charge < -0.3 is 19.5 Å². The number of ether oxygens (including phenoxy) is 1. The first-order valence-electron chi connectivity index (χ1n) is 11.9. The number of hydrogen-bond donors (Lipinski definition) is 1. The first-order valence-corrected chi connectivity index (χ1v) is 16.1. The molecule has 0 aliphatic carbocycles. The number of anilines is 1. The van der Waals surface area contributed by atoms with Crippen LogP contribution in [-0.2, 0) is 25.6 Å². The van der Waals surface area contributed by atoms with Gasteiger partial charge in [-0.25, -0.2) is 19.3 Å². The number of benzene rings is 2. The Kier molecular flexibility index (Phi) is 6.77. The topological polar surface area (TPSA) is 97.3 Å². The van der Waals surface area contributed by atoms with E-state index < -0.39 is 30.3 Å². The summed E-state index contributed by atoms with van der Waals surface area (Å²) in [5.41, 5.74) is 5.86. The third-order valence-electron chi connectivity index (χ3n) is 6.60. The van der Waals surface area contributed by atoms with Gasteiger partial charge in [0, 0.05) is 0 Å². The van der Waals surface area contributed by atoms with E-state index in [1.807, 2.05) is 55.5 Å². The van der Waals surface area contributed by atoms with Crippen LogP contribution in [-0.4, -0.2) is 37.9 Å². The normalized spacial score (nSPS) is 31.7. The van der Waals surface area contributed by atoms with Crippen molar-refractivity contribution in [3.8, 4) is 0 Å². The van der Waals surface area contributed by atoms with E-state index in [1.165, 1.54) is 24.0 Å². The first-order chi connectivity index (χ1) is 18.0. The van der Waals surface area contributed by atoms with Gasteiger partial charge in [-0.1, -0.05) is 79.0 Å². The number of nitrogens with zero attached hydrogens (tertiary/aromatic N) is 4. The van der Waals surface area contributed by atoms with Crippen LogP contribution in [0.25, 0.3) is 11.2 Å². The second-order valence-electron chi connectivity index (χ2n) is 8.89. The summed E-state index contributed by atoms with van der Waals surface area (Å²) in [6.45, 7) is 1.93. The minimum absolute atomic E-state index is 0.0806. The van der Waals surface area contributed by atoms with Gasteiger partial charge in [0.15, 0.2) is 23.9 Å². The molecule has 7 atom stereocenters. The van der Waals surface area contributed by atoms with Crippen molar-refractivity contribution in [1.82, 2.24) is 19.5 Å². The fourth-order valence-electron chi connectivity index (χ4n) is 4.80. The Morgan fingerprint density at radius 3 is 2.49 bits per heavy atom. The number of fused-ring (bicyclic) bond motifs is 1. The SMILES string of the molecule is CC[C@H]1O[C@@H](n2cnc3c(N)ncnc32)[C@H](F)[C@@H]1OP1(=S)O[C@H](c2ccccc2)[C@H](c2ccccc2)S1. The summed E-state index contributed by atoms with van der Waals surface area (Å²) < 4.78 is 36.7. The molecular formula is C25H25FN5O3PS2. The summed E-state index contributed by atoms with van der Waals surface area (Å²) >= 11 is 7.47. The van der Waals surface area contributed by atoms with E-state index in [4.69, 9.17) is 31.3 Å². The van der Waals surface area contributed by atoms with Crippen LogP contribution in [0.1, 0.15) is 42.1 Å². The molecule has 0 bridgehead atoms. The van der Waals surface area contributed by atoms with Gasteiger partial charge in [-0.05, 0) is 29.4 Å².